The van der Waals surface area contributed by atoms with Crippen LogP contribution < -0.4 is 14.2 Å². The highest BCUT2D eigenvalue weighted by Gasteiger charge is 2.40. The summed E-state index contributed by atoms with van der Waals surface area (Å²) in [6, 6.07) is 3.88. The molecule has 138 valence electrons. The van der Waals surface area contributed by atoms with Gasteiger partial charge in [0, 0.05) is 29.3 Å². The van der Waals surface area contributed by atoms with Crippen LogP contribution in [0.25, 0.3) is 11.1 Å². The van der Waals surface area contributed by atoms with E-state index in [4.69, 9.17) is 14.2 Å². The number of aromatic hydroxyl groups is 2. The predicted molar refractivity (Wildman–Crippen MR) is 97.6 cm³/mol. The molecule has 0 bridgehead atoms. The molecule has 2 aromatic carbocycles. The fourth-order valence-corrected chi connectivity index (χ4v) is 4.37. The first-order chi connectivity index (χ1) is 12.5. The van der Waals surface area contributed by atoms with E-state index in [0.717, 1.165) is 35.2 Å². The summed E-state index contributed by atoms with van der Waals surface area (Å²) in [4.78, 5) is 2.28. The quantitative estimate of drug-likeness (QED) is 0.880. The summed E-state index contributed by atoms with van der Waals surface area (Å²) >= 11 is 0. The molecule has 0 radical (unpaired) electrons. The third-order valence-corrected chi connectivity index (χ3v) is 5.63. The summed E-state index contributed by atoms with van der Waals surface area (Å²) in [6.45, 7) is 0.845. The number of phenols is 2. The maximum atomic E-state index is 10.9. The largest absolute Gasteiger partial charge is 0.504 e. The molecule has 2 aromatic rings. The van der Waals surface area contributed by atoms with E-state index in [-0.39, 0.29) is 17.5 Å². The summed E-state index contributed by atoms with van der Waals surface area (Å²) in [6.07, 6.45) is 1.46. The van der Waals surface area contributed by atoms with Gasteiger partial charge in [0.15, 0.2) is 23.0 Å². The number of fused-ring (bicyclic) bond motifs is 2. The second-order valence-corrected chi connectivity index (χ2v) is 6.78. The maximum absolute atomic E-state index is 10.9. The smallest absolute Gasteiger partial charge is 0.204 e. The molecule has 1 aliphatic carbocycles. The Hall–Kier alpha value is -2.60. The molecule has 1 atom stereocenters. The molecule has 2 aliphatic rings. The summed E-state index contributed by atoms with van der Waals surface area (Å²) < 4.78 is 16.4. The first-order valence-corrected chi connectivity index (χ1v) is 8.62. The molecule has 0 saturated carbocycles. The van der Waals surface area contributed by atoms with E-state index in [0.29, 0.717) is 29.2 Å². The molecule has 0 aromatic heterocycles. The molecule has 0 fully saturated rings. The first-order valence-electron chi connectivity index (χ1n) is 8.62. The van der Waals surface area contributed by atoms with Crippen molar-refractivity contribution in [3.63, 3.8) is 0 Å². The lowest BCUT2D eigenvalue weighted by Crippen LogP contribution is -2.35. The van der Waals surface area contributed by atoms with Crippen LogP contribution in [0.4, 0.5) is 0 Å². The van der Waals surface area contributed by atoms with Gasteiger partial charge in [0.1, 0.15) is 0 Å². The van der Waals surface area contributed by atoms with Gasteiger partial charge in [-0.05, 0) is 37.1 Å². The minimum absolute atomic E-state index is 0.0879. The number of hydrogen-bond donors (Lipinski definition) is 2. The highest BCUT2D eigenvalue weighted by molar-refractivity contribution is 5.90. The second-order valence-electron chi connectivity index (χ2n) is 6.78. The van der Waals surface area contributed by atoms with Gasteiger partial charge in [0.05, 0.1) is 21.3 Å². The molecule has 0 unspecified atom stereocenters. The van der Waals surface area contributed by atoms with Gasteiger partial charge in [-0.3, -0.25) is 4.90 Å². The van der Waals surface area contributed by atoms with Gasteiger partial charge in [-0.15, -0.1) is 0 Å². The molecular weight excluding hydrogens is 334 g/mol. The predicted octanol–water partition coefficient (Wildman–Crippen LogP) is 2.88. The molecule has 6 heteroatoms. The number of ether oxygens (including phenoxy) is 3. The van der Waals surface area contributed by atoms with Crippen LogP contribution in [0.2, 0.25) is 0 Å². The van der Waals surface area contributed by atoms with Crippen LogP contribution in [0.1, 0.15) is 22.7 Å². The molecule has 4 rings (SSSR count). The van der Waals surface area contributed by atoms with Crippen molar-refractivity contribution in [3.05, 3.63) is 28.8 Å². The number of phenolic OH excluding ortho intramolecular Hbond substituents is 2. The standard InChI is InChI=1S/C20H23NO5/c1-21-8-7-11-15-12(21)9-10-5-6-13(24-2)18(23)14(10)16(15)19(25-3)20(26-4)17(11)22/h5-6,12,22-23H,7-9H2,1-4H3/t12-/m0/s1. The van der Waals surface area contributed by atoms with Gasteiger partial charge in [0.2, 0.25) is 5.75 Å². The SMILES string of the molecule is COc1ccc2c(c1O)-c1c(OC)c(OC)c(O)c3c1[C@H](C2)N(C)CC3. The van der Waals surface area contributed by atoms with Crippen LogP contribution in [0.3, 0.4) is 0 Å². The van der Waals surface area contributed by atoms with E-state index in [9.17, 15) is 10.2 Å². The minimum Gasteiger partial charge on any atom is -0.504 e. The Morgan fingerprint density at radius 2 is 1.69 bits per heavy atom. The average molecular weight is 357 g/mol. The zero-order valence-electron chi connectivity index (χ0n) is 15.4. The number of likely N-dealkylation sites (N-methyl/N-ethyl adjacent to an activating group) is 1. The molecule has 0 amide bonds. The Labute approximate surface area is 152 Å². The lowest BCUT2D eigenvalue weighted by atomic mass is 9.75. The van der Waals surface area contributed by atoms with E-state index < -0.39 is 0 Å². The minimum atomic E-state index is 0.0879. The van der Waals surface area contributed by atoms with Crippen molar-refractivity contribution in [1.82, 2.24) is 4.90 Å². The van der Waals surface area contributed by atoms with Gasteiger partial charge < -0.3 is 24.4 Å². The van der Waals surface area contributed by atoms with E-state index in [1.165, 1.54) is 14.2 Å². The maximum Gasteiger partial charge on any atom is 0.204 e. The van der Waals surface area contributed by atoms with Crippen LogP contribution in [-0.4, -0.2) is 50.0 Å². The Morgan fingerprint density at radius 1 is 0.962 bits per heavy atom. The summed E-state index contributed by atoms with van der Waals surface area (Å²) in [5.74, 6) is 1.37. The van der Waals surface area contributed by atoms with Crippen LogP contribution in [-0.2, 0) is 12.8 Å². The second kappa shape index (κ2) is 5.99. The van der Waals surface area contributed by atoms with Crippen molar-refractivity contribution >= 4 is 0 Å². The van der Waals surface area contributed by atoms with Crippen LogP contribution in [0.5, 0.6) is 28.7 Å². The molecule has 26 heavy (non-hydrogen) atoms. The topological polar surface area (TPSA) is 71.4 Å². The lowest BCUT2D eigenvalue weighted by molar-refractivity contribution is 0.222. The van der Waals surface area contributed by atoms with Crippen LogP contribution in [0, 0.1) is 0 Å². The van der Waals surface area contributed by atoms with Gasteiger partial charge in [-0.1, -0.05) is 6.07 Å². The number of methoxy groups -OCH3 is 3. The van der Waals surface area contributed by atoms with Crippen molar-refractivity contribution in [2.45, 2.75) is 18.9 Å². The lowest BCUT2D eigenvalue weighted by Gasteiger charge is -2.41. The zero-order valence-corrected chi connectivity index (χ0v) is 15.4. The van der Waals surface area contributed by atoms with Crippen molar-refractivity contribution in [3.8, 4) is 39.9 Å². The third-order valence-electron chi connectivity index (χ3n) is 5.63. The molecule has 0 spiro atoms. The van der Waals surface area contributed by atoms with E-state index in [2.05, 4.69) is 11.9 Å². The van der Waals surface area contributed by atoms with Crippen molar-refractivity contribution in [1.29, 1.82) is 0 Å². The monoisotopic (exact) mass is 357 g/mol. The molecular formula is C20H23NO5. The van der Waals surface area contributed by atoms with Crippen molar-refractivity contribution < 1.29 is 24.4 Å². The highest BCUT2D eigenvalue weighted by atomic mass is 16.5. The van der Waals surface area contributed by atoms with Crippen molar-refractivity contribution in [2.75, 3.05) is 34.9 Å². The van der Waals surface area contributed by atoms with Crippen LogP contribution in [0.15, 0.2) is 12.1 Å². The Balaban J connectivity index is 2.15. The fourth-order valence-electron chi connectivity index (χ4n) is 4.37. The Kier molecular flexibility index (Phi) is 3.88. The normalized spacial score (nSPS) is 18.1. The van der Waals surface area contributed by atoms with Gasteiger partial charge >= 0.3 is 0 Å². The van der Waals surface area contributed by atoms with Gasteiger partial charge in [0.25, 0.3) is 0 Å². The zero-order chi connectivity index (χ0) is 18.6. The van der Waals surface area contributed by atoms with Crippen molar-refractivity contribution in [2.24, 2.45) is 0 Å². The Morgan fingerprint density at radius 3 is 2.35 bits per heavy atom. The summed E-state index contributed by atoms with van der Waals surface area (Å²) in [5.41, 5.74) is 4.37. The Bertz CT molecular complexity index is 893. The van der Waals surface area contributed by atoms with E-state index in [1.54, 1.807) is 13.2 Å². The van der Waals surface area contributed by atoms with E-state index >= 15 is 0 Å². The third kappa shape index (κ3) is 2.08. The van der Waals surface area contributed by atoms with Crippen LogP contribution >= 0.6 is 0 Å². The molecule has 2 N–H and O–H groups in total. The van der Waals surface area contributed by atoms with Gasteiger partial charge in [-0.2, -0.15) is 0 Å². The number of hydrogen-bond acceptors (Lipinski definition) is 6. The number of nitrogens with zero attached hydrogens (tertiary/aromatic N) is 1. The number of benzene rings is 2. The van der Waals surface area contributed by atoms with Gasteiger partial charge in [-0.25, -0.2) is 0 Å². The average Bonchev–Trinajstić information content (AvgIpc) is 2.65. The number of rotatable bonds is 3. The molecule has 1 aliphatic heterocycles. The summed E-state index contributed by atoms with van der Waals surface area (Å²) in [7, 11) is 6.68. The molecule has 1 heterocycles. The summed E-state index contributed by atoms with van der Waals surface area (Å²) in [5, 5.41) is 21.7. The molecule has 0 saturated heterocycles. The first kappa shape index (κ1) is 16.8. The highest BCUT2D eigenvalue weighted by Crippen LogP contribution is 2.59. The van der Waals surface area contributed by atoms with E-state index in [1.807, 2.05) is 6.07 Å². The molecule has 6 nitrogen and oxygen atoms in total. The fraction of sp³-hybridized carbons (Fsp3) is 0.400.